The van der Waals surface area contributed by atoms with E-state index in [1.54, 1.807) is 12.1 Å². The summed E-state index contributed by atoms with van der Waals surface area (Å²) in [5.74, 6) is -0.461. The van der Waals surface area contributed by atoms with E-state index >= 15 is 0 Å². The van der Waals surface area contributed by atoms with Crippen molar-refractivity contribution in [3.63, 3.8) is 0 Å². The highest BCUT2D eigenvalue weighted by molar-refractivity contribution is 5.71. The minimum Gasteiger partial charge on any atom is -0.507 e. The van der Waals surface area contributed by atoms with E-state index in [1.165, 1.54) is 13.3 Å². The van der Waals surface area contributed by atoms with Crippen molar-refractivity contribution in [1.29, 1.82) is 0 Å². The molecular formula is C19H22F3N3O2. The van der Waals surface area contributed by atoms with Crippen molar-refractivity contribution in [1.82, 2.24) is 15.5 Å². The van der Waals surface area contributed by atoms with Crippen LogP contribution in [-0.2, 0) is 17.5 Å². The lowest BCUT2D eigenvalue weighted by Gasteiger charge is -2.22. The van der Waals surface area contributed by atoms with E-state index in [0.717, 1.165) is 32.1 Å². The molecule has 27 heavy (non-hydrogen) atoms. The summed E-state index contributed by atoms with van der Waals surface area (Å²) in [6.07, 6.45) is -0.956. The predicted molar refractivity (Wildman–Crippen MR) is 94.2 cm³/mol. The number of ether oxygens (including phenoxy) is 1. The van der Waals surface area contributed by atoms with Gasteiger partial charge in [-0.1, -0.05) is 0 Å². The van der Waals surface area contributed by atoms with Crippen LogP contribution in [0.5, 0.6) is 5.75 Å². The number of phenols is 1. The van der Waals surface area contributed by atoms with Crippen LogP contribution in [0, 0.1) is 6.92 Å². The molecule has 1 aliphatic rings. The van der Waals surface area contributed by atoms with E-state index in [-0.39, 0.29) is 17.2 Å². The largest absolute Gasteiger partial charge is 0.507 e. The maximum absolute atomic E-state index is 12.8. The Hall–Kier alpha value is -2.19. The quantitative estimate of drug-likeness (QED) is 0.824. The van der Waals surface area contributed by atoms with Crippen LogP contribution in [0.2, 0.25) is 0 Å². The zero-order valence-electron chi connectivity index (χ0n) is 15.0. The van der Waals surface area contributed by atoms with Gasteiger partial charge < -0.3 is 15.2 Å². The molecule has 2 aromatic rings. The van der Waals surface area contributed by atoms with Crippen LogP contribution in [0.3, 0.4) is 0 Å². The Kier molecular flexibility index (Phi) is 5.96. The summed E-state index contributed by atoms with van der Waals surface area (Å²) in [6.45, 7) is 3.57. The number of alkyl halides is 3. The number of phenolic OH excluding ortho intramolecular Hbond substituents is 1. The third kappa shape index (κ3) is 4.95. The molecule has 0 amide bonds. The normalized spacial score (nSPS) is 17.9. The summed E-state index contributed by atoms with van der Waals surface area (Å²) in [5.41, 5.74) is 0.694. The van der Waals surface area contributed by atoms with Gasteiger partial charge in [-0.2, -0.15) is 23.4 Å². The summed E-state index contributed by atoms with van der Waals surface area (Å²) >= 11 is 0. The molecule has 3 rings (SSSR count). The molecule has 0 aliphatic carbocycles. The number of rotatable bonds is 5. The topological polar surface area (TPSA) is 67.3 Å². The van der Waals surface area contributed by atoms with Crippen LogP contribution in [0.15, 0.2) is 24.3 Å². The van der Waals surface area contributed by atoms with Gasteiger partial charge >= 0.3 is 6.18 Å². The first-order chi connectivity index (χ1) is 12.8. The fourth-order valence-corrected chi connectivity index (χ4v) is 3.18. The van der Waals surface area contributed by atoms with Gasteiger partial charge in [0.2, 0.25) is 0 Å². The standard InChI is InChI=1S/C19H22F3N3O2/c1-12-8-13(19(20,21)22)9-17(26)18(12)16-6-5-14(24-25-16)10-23-11-15-4-2-3-7-27-15/h5-6,8-9,15,23,26H,2-4,7,10-11H2,1H3. The molecule has 0 radical (unpaired) electrons. The highest BCUT2D eigenvalue weighted by Crippen LogP contribution is 2.38. The molecular weight excluding hydrogens is 359 g/mol. The molecule has 1 unspecified atom stereocenters. The van der Waals surface area contributed by atoms with Crippen molar-refractivity contribution in [2.75, 3.05) is 13.2 Å². The number of benzene rings is 1. The number of hydrogen-bond acceptors (Lipinski definition) is 5. The minimum absolute atomic E-state index is 0.220. The third-order valence-corrected chi connectivity index (χ3v) is 4.57. The van der Waals surface area contributed by atoms with Crippen LogP contribution in [0.4, 0.5) is 13.2 Å². The second kappa shape index (κ2) is 8.22. The summed E-state index contributed by atoms with van der Waals surface area (Å²) in [5, 5.41) is 21.5. The van der Waals surface area contributed by atoms with Crippen LogP contribution in [-0.4, -0.2) is 34.6 Å². The summed E-state index contributed by atoms with van der Waals surface area (Å²) in [4.78, 5) is 0. The molecule has 5 nitrogen and oxygen atoms in total. The molecule has 2 N–H and O–H groups in total. The molecule has 1 aromatic carbocycles. The van der Waals surface area contributed by atoms with Gasteiger partial charge in [-0.3, -0.25) is 0 Å². The molecule has 1 fully saturated rings. The molecule has 1 aliphatic heterocycles. The first-order valence-corrected chi connectivity index (χ1v) is 8.90. The Bertz CT molecular complexity index is 750. The first kappa shape index (κ1) is 19.6. The van der Waals surface area contributed by atoms with Crippen molar-refractivity contribution in [2.24, 2.45) is 0 Å². The van der Waals surface area contributed by atoms with E-state index in [0.29, 0.717) is 24.0 Å². The number of aromatic nitrogens is 2. The maximum atomic E-state index is 12.8. The van der Waals surface area contributed by atoms with Gasteiger partial charge in [0.25, 0.3) is 0 Å². The number of aryl methyl sites for hydroxylation is 1. The van der Waals surface area contributed by atoms with Gasteiger partial charge in [0.15, 0.2) is 0 Å². The molecule has 1 atom stereocenters. The van der Waals surface area contributed by atoms with Gasteiger partial charge in [0.1, 0.15) is 5.75 Å². The fraction of sp³-hybridized carbons (Fsp3) is 0.474. The van der Waals surface area contributed by atoms with Crippen molar-refractivity contribution in [3.05, 3.63) is 41.1 Å². The Morgan fingerprint density at radius 2 is 2.04 bits per heavy atom. The minimum atomic E-state index is -4.51. The molecule has 146 valence electrons. The number of nitrogens with zero attached hydrogens (tertiary/aromatic N) is 2. The highest BCUT2D eigenvalue weighted by atomic mass is 19.4. The monoisotopic (exact) mass is 381 g/mol. The second-order valence-electron chi connectivity index (χ2n) is 6.71. The number of aromatic hydroxyl groups is 1. The zero-order chi connectivity index (χ0) is 19.4. The van der Waals surface area contributed by atoms with Crippen LogP contribution >= 0.6 is 0 Å². The van der Waals surface area contributed by atoms with Gasteiger partial charge in [-0.25, -0.2) is 0 Å². The molecule has 1 saturated heterocycles. The lowest BCUT2D eigenvalue weighted by molar-refractivity contribution is -0.137. The molecule has 0 saturated carbocycles. The van der Waals surface area contributed by atoms with E-state index in [4.69, 9.17) is 4.74 Å². The predicted octanol–water partition coefficient (Wildman–Crippen LogP) is 3.84. The molecule has 2 heterocycles. The summed E-state index contributed by atoms with van der Waals surface area (Å²) in [7, 11) is 0. The van der Waals surface area contributed by atoms with Crippen LogP contribution in [0.1, 0.15) is 36.1 Å². The average Bonchev–Trinajstić information content (AvgIpc) is 2.62. The van der Waals surface area contributed by atoms with Gasteiger partial charge in [0.05, 0.1) is 23.1 Å². The molecule has 8 heteroatoms. The van der Waals surface area contributed by atoms with E-state index in [2.05, 4.69) is 15.5 Å². The van der Waals surface area contributed by atoms with E-state index in [1.807, 2.05) is 0 Å². The Balaban J connectivity index is 1.66. The summed E-state index contributed by atoms with van der Waals surface area (Å²) in [6, 6.07) is 5.10. The first-order valence-electron chi connectivity index (χ1n) is 8.90. The average molecular weight is 381 g/mol. The Labute approximate surface area is 155 Å². The second-order valence-corrected chi connectivity index (χ2v) is 6.71. The van der Waals surface area contributed by atoms with Gasteiger partial charge in [0, 0.05) is 25.3 Å². The van der Waals surface area contributed by atoms with Crippen molar-refractivity contribution in [2.45, 2.75) is 45.0 Å². The van der Waals surface area contributed by atoms with E-state index < -0.39 is 17.5 Å². The third-order valence-electron chi connectivity index (χ3n) is 4.57. The number of hydrogen-bond donors (Lipinski definition) is 2. The lowest BCUT2D eigenvalue weighted by Crippen LogP contribution is -2.31. The van der Waals surface area contributed by atoms with Crippen LogP contribution in [0.25, 0.3) is 11.3 Å². The van der Waals surface area contributed by atoms with Crippen molar-refractivity contribution < 1.29 is 23.0 Å². The van der Waals surface area contributed by atoms with E-state index in [9.17, 15) is 18.3 Å². The molecule has 0 spiro atoms. The fourth-order valence-electron chi connectivity index (χ4n) is 3.18. The van der Waals surface area contributed by atoms with Crippen LogP contribution < -0.4 is 5.32 Å². The zero-order valence-corrected chi connectivity index (χ0v) is 15.0. The van der Waals surface area contributed by atoms with Crippen molar-refractivity contribution in [3.8, 4) is 17.0 Å². The van der Waals surface area contributed by atoms with Crippen molar-refractivity contribution >= 4 is 0 Å². The maximum Gasteiger partial charge on any atom is 0.416 e. The lowest BCUT2D eigenvalue weighted by atomic mass is 10.0. The van der Waals surface area contributed by atoms with Gasteiger partial charge in [-0.15, -0.1) is 0 Å². The Morgan fingerprint density at radius 1 is 1.22 bits per heavy atom. The highest BCUT2D eigenvalue weighted by Gasteiger charge is 2.32. The molecule has 0 bridgehead atoms. The summed E-state index contributed by atoms with van der Waals surface area (Å²) < 4.78 is 44.1. The van der Waals surface area contributed by atoms with Gasteiger partial charge in [-0.05, 0) is 56.0 Å². The number of halogens is 3. The number of nitrogens with one attached hydrogen (secondary N) is 1. The smallest absolute Gasteiger partial charge is 0.416 e. The Morgan fingerprint density at radius 3 is 2.63 bits per heavy atom. The molecule has 1 aromatic heterocycles. The SMILES string of the molecule is Cc1cc(C(F)(F)F)cc(O)c1-c1ccc(CNCC2CCCCO2)nn1.